The second-order valence-corrected chi connectivity index (χ2v) is 6.20. The van der Waals surface area contributed by atoms with E-state index in [1.807, 2.05) is 10.7 Å². The van der Waals surface area contributed by atoms with Crippen LogP contribution >= 0.6 is 0 Å². The maximum atomic E-state index is 6.01. The Bertz CT molecular complexity index is 590. The Labute approximate surface area is 131 Å². The van der Waals surface area contributed by atoms with Crippen molar-refractivity contribution in [3.63, 3.8) is 0 Å². The van der Waals surface area contributed by atoms with Crippen LogP contribution in [0.5, 0.6) is 0 Å². The molecule has 2 heterocycles. The fourth-order valence-electron chi connectivity index (χ4n) is 3.17. The fraction of sp³-hybridized carbons (Fsp3) is 0.529. The standard InChI is InChI=1S/C17H25N4O/c1-14(12-15-8-4-2-5-9-15)21-16(17(18)22-19-21)13-20-10-6-3-7-11-20/h2,4-5,8-9,14H,3,6-7,10-13,18H2,1H3/q+1/t14-/m0/s1. The lowest BCUT2D eigenvalue weighted by molar-refractivity contribution is -0.788. The van der Waals surface area contributed by atoms with Gasteiger partial charge in [-0.05, 0) is 36.2 Å². The lowest BCUT2D eigenvalue weighted by Crippen LogP contribution is -2.46. The summed E-state index contributed by atoms with van der Waals surface area (Å²) in [4.78, 5) is 2.44. The normalized spacial score (nSPS) is 17.5. The predicted octanol–water partition coefficient (Wildman–Crippen LogP) is 2.33. The van der Waals surface area contributed by atoms with Gasteiger partial charge in [0.1, 0.15) is 0 Å². The Balaban J connectivity index is 1.73. The minimum Gasteiger partial charge on any atom is -0.362 e. The highest BCUT2D eigenvalue weighted by molar-refractivity contribution is 5.25. The van der Waals surface area contributed by atoms with Crippen LogP contribution in [0.15, 0.2) is 34.9 Å². The van der Waals surface area contributed by atoms with Crippen LogP contribution in [0.1, 0.15) is 43.5 Å². The van der Waals surface area contributed by atoms with Gasteiger partial charge >= 0.3 is 0 Å². The molecule has 1 fully saturated rings. The van der Waals surface area contributed by atoms with Crippen LogP contribution in [0.3, 0.4) is 0 Å². The average molecular weight is 301 g/mol. The number of hydrogen-bond donors (Lipinski definition) is 1. The topological polar surface area (TPSA) is 59.2 Å². The Morgan fingerprint density at radius 3 is 2.68 bits per heavy atom. The summed E-state index contributed by atoms with van der Waals surface area (Å²) in [7, 11) is 0. The first-order chi connectivity index (χ1) is 10.7. The first-order valence-corrected chi connectivity index (χ1v) is 8.16. The number of likely N-dealkylation sites (tertiary alicyclic amines) is 1. The van der Waals surface area contributed by atoms with E-state index in [1.165, 1.54) is 24.8 Å². The molecular formula is C17H25N4O+. The van der Waals surface area contributed by atoms with Gasteiger partial charge < -0.3 is 5.73 Å². The largest absolute Gasteiger partial charge is 0.362 e. The highest BCUT2D eigenvalue weighted by atomic mass is 16.5. The van der Waals surface area contributed by atoms with Crippen molar-refractivity contribution < 1.29 is 9.20 Å². The minimum absolute atomic E-state index is 0.225. The van der Waals surface area contributed by atoms with Gasteiger partial charge in [0.05, 0.1) is 6.54 Å². The molecule has 0 saturated carbocycles. The van der Waals surface area contributed by atoms with Crippen LogP contribution in [-0.2, 0) is 13.0 Å². The van der Waals surface area contributed by atoms with E-state index >= 15 is 0 Å². The fourth-order valence-corrected chi connectivity index (χ4v) is 3.17. The Kier molecular flexibility index (Phi) is 4.73. The molecule has 118 valence electrons. The van der Waals surface area contributed by atoms with Gasteiger partial charge in [0.15, 0.2) is 6.04 Å². The average Bonchev–Trinajstić information content (AvgIpc) is 2.90. The van der Waals surface area contributed by atoms with Crippen molar-refractivity contribution in [3.05, 3.63) is 41.6 Å². The maximum Gasteiger partial charge on any atom is 0.297 e. The van der Waals surface area contributed by atoms with Crippen LogP contribution in [-0.4, -0.2) is 23.3 Å². The predicted molar refractivity (Wildman–Crippen MR) is 85.1 cm³/mol. The van der Waals surface area contributed by atoms with E-state index in [9.17, 15) is 0 Å². The number of hydrogen-bond acceptors (Lipinski definition) is 4. The van der Waals surface area contributed by atoms with E-state index < -0.39 is 0 Å². The summed E-state index contributed by atoms with van der Waals surface area (Å²) in [5.74, 6) is 0.450. The number of aromatic nitrogens is 2. The number of nitrogens with two attached hydrogens (primary N) is 1. The lowest BCUT2D eigenvalue weighted by Gasteiger charge is -2.24. The SMILES string of the molecule is C[C@@H](Cc1ccccc1)[n+]1noc(N)c1CN1CCCCC1. The van der Waals surface area contributed by atoms with Gasteiger partial charge in [0.2, 0.25) is 5.27 Å². The van der Waals surface area contributed by atoms with Crippen LogP contribution in [0.4, 0.5) is 5.88 Å². The van der Waals surface area contributed by atoms with Crippen molar-refractivity contribution >= 4 is 5.88 Å². The summed E-state index contributed by atoms with van der Waals surface area (Å²) < 4.78 is 7.22. The second kappa shape index (κ2) is 6.92. The first-order valence-electron chi connectivity index (χ1n) is 8.16. The van der Waals surface area contributed by atoms with Gasteiger partial charge in [-0.25, -0.2) is 0 Å². The molecule has 1 aliphatic rings. The summed E-state index contributed by atoms with van der Waals surface area (Å²) in [6.45, 7) is 5.26. The zero-order valence-electron chi connectivity index (χ0n) is 13.2. The maximum absolute atomic E-state index is 6.01. The van der Waals surface area contributed by atoms with Crippen molar-refractivity contribution in [2.24, 2.45) is 0 Å². The molecule has 0 amide bonds. The minimum atomic E-state index is 0.225. The lowest BCUT2D eigenvalue weighted by atomic mass is 10.1. The highest BCUT2D eigenvalue weighted by Crippen LogP contribution is 2.17. The molecule has 0 spiro atoms. The summed E-state index contributed by atoms with van der Waals surface area (Å²) >= 11 is 0. The van der Waals surface area contributed by atoms with Gasteiger partial charge in [-0.1, -0.05) is 36.8 Å². The summed E-state index contributed by atoms with van der Waals surface area (Å²) in [5, 5.41) is 4.17. The number of piperidine rings is 1. The molecule has 5 heteroatoms. The molecule has 3 rings (SSSR count). The molecule has 0 aliphatic carbocycles. The molecule has 1 aromatic carbocycles. The summed E-state index contributed by atoms with van der Waals surface area (Å²) in [6.07, 6.45) is 4.79. The van der Waals surface area contributed by atoms with Crippen molar-refractivity contribution in [1.82, 2.24) is 10.2 Å². The van der Waals surface area contributed by atoms with Crippen molar-refractivity contribution in [2.45, 2.75) is 45.2 Å². The van der Waals surface area contributed by atoms with E-state index in [1.54, 1.807) is 0 Å². The number of rotatable bonds is 5. The van der Waals surface area contributed by atoms with E-state index in [4.69, 9.17) is 10.3 Å². The molecule has 0 bridgehead atoms. The monoisotopic (exact) mass is 301 g/mol. The van der Waals surface area contributed by atoms with E-state index in [0.717, 1.165) is 31.7 Å². The zero-order valence-corrected chi connectivity index (χ0v) is 13.2. The third kappa shape index (κ3) is 3.47. The van der Waals surface area contributed by atoms with Gasteiger partial charge in [0.25, 0.3) is 11.6 Å². The third-order valence-electron chi connectivity index (χ3n) is 4.40. The smallest absolute Gasteiger partial charge is 0.297 e. The Hall–Kier alpha value is -1.88. The van der Waals surface area contributed by atoms with Crippen molar-refractivity contribution in [2.75, 3.05) is 18.8 Å². The molecule has 2 N–H and O–H groups in total. The van der Waals surface area contributed by atoms with Gasteiger partial charge in [-0.15, -0.1) is 0 Å². The highest BCUT2D eigenvalue weighted by Gasteiger charge is 2.30. The number of nitrogens with zero attached hydrogens (tertiary/aromatic N) is 3. The molecule has 1 aromatic heterocycles. The summed E-state index contributed by atoms with van der Waals surface area (Å²) in [6, 6.07) is 10.7. The molecule has 22 heavy (non-hydrogen) atoms. The molecular weight excluding hydrogens is 276 g/mol. The van der Waals surface area contributed by atoms with Crippen LogP contribution in [0, 0.1) is 0 Å². The second-order valence-electron chi connectivity index (χ2n) is 6.20. The molecule has 0 unspecified atom stereocenters. The quantitative estimate of drug-likeness (QED) is 0.861. The van der Waals surface area contributed by atoms with Crippen LogP contribution < -0.4 is 10.4 Å². The number of nitrogen functional groups attached to an aromatic ring is 1. The molecule has 5 nitrogen and oxygen atoms in total. The van der Waals surface area contributed by atoms with Crippen LogP contribution in [0.2, 0.25) is 0 Å². The van der Waals surface area contributed by atoms with Crippen LogP contribution in [0.25, 0.3) is 0 Å². The Morgan fingerprint density at radius 2 is 1.95 bits per heavy atom. The van der Waals surface area contributed by atoms with Gasteiger partial charge in [0, 0.05) is 13.3 Å². The molecule has 1 aliphatic heterocycles. The molecule has 1 saturated heterocycles. The Morgan fingerprint density at radius 1 is 1.23 bits per heavy atom. The van der Waals surface area contributed by atoms with Crippen molar-refractivity contribution in [1.29, 1.82) is 0 Å². The molecule has 0 radical (unpaired) electrons. The first kappa shape index (κ1) is 15.0. The van der Waals surface area contributed by atoms with E-state index in [-0.39, 0.29) is 6.04 Å². The zero-order chi connectivity index (χ0) is 15.4. The number of anilines is 1. The molecule has 1 atom stereocenters. The van der Waals surface area contributed by atoms with E-state index in [0.29, 0.717) is 5.88 Å². The number of benzene rings is 1. The summed E-state index contributed by atoms with van der Waals surface area (Å²) in [5.41, 5.74) is 8.32. The van der Waals surface area contributed by atoms with Crippen molar-refractivity contribution in [3.8, 4) is 0 Å². The van der Waals surface area contributed by atoms with Gasteiger partial charge in [-0.3, -0.25) is 9.42 Å². The third-order valence-corrected chi connectivity index (χ3v) is 4.40. The molecule has 2 aromatic rings. The van der Waals surface area contributed by atoms with Gasteiger partial charge in [-0.2, -0.15) is 0 Å². The van der Waals surface area contributed by atoms with E-state index in [2.05, 4.69) is 41.4 Å².